The smallest absolute Gasteiger partial charge is 0.335 e. The van der Waals surface area contributed by atoms with Gasteiger partial charge in [0.25, 0.3) is 0 Å². The number of benzene rings is 7. The third kappa shape index (κ3) is 78.8. The van der Waals surface area contributed by atoms with Crippen LogP contribution in [0.25, 0.3) is 36.5 Å². The number of hydrogen-bond acceptors (Lipinski definition) is 4. The number of carboxylic acids is 1. The van der Waals surface area contributed by atoms with Crippen molar-refractivity contribution in [3.05, 3.63) is 251 Å². The molecule has 0 aliphatic carbocycles. The molecule has 0 aromatic heterocycles. The summed E-state index contributed by atoms with van der Waals surface area (Å²) in [5, 5.41) is 26.2. The number of methoxy groups -OCH3 is 1. The maximum absolute atomic E-state index is 10.7. The Balaban J connectivity index is -0.000000147. The first-order valence-corrected chi connectivity index (χ1v) is 35.5. The van der Waals surface area contributed by atoms with Crippen LogP contribution in [0.1, 0.15) is 318 Å². The van der Waals surface area contributed by atoms with Gasteiger partial charge in [-0.25, -0.2) is 4.79 Å². The van der Waals surface area contributed by atoms with Crippen molar-refractivity contribution in [1.29, 1.82) is 10.5 Å². The van der Waals surface area contributed by atoms with E-state index < -0.39 is 5.97 Å². The Bertz CT molecular complexity index is 3050. The molecule has 596 valence electrons. The first-order valence-electron chi connectivity index (χ1n) is 35.5. The number of aryl methyl sites for hydroxylation is 12. The molecule has 0 radical (unpaired) electrons. The summed E-state index contributed by atoms with van der Waals surface area (Å²) < 4.78 is 4.86. The van der Waals surface area contributed by atoms with E-state index in [-0.39, 0.29) is 68.6 Å². The van der Waals surface area contributed by atoms with Crippen LogP contribution in [0.4, 0.5) is 0 Å². The molecule has 0 aliphatic heterocycles. The van der Waals surface area contributed by atoms with E-state index in [0.717, 1.165) is 0 Å². The van der Waals surface area contributed by atoms with Gasteiger partial charge in [0.15, 0.2) is 5.75 Å². The number of aromatic carboxylic acids is 1. The van der Waals surface area contributed by atoms with Gasteiger partial charge >= 0.3 is 5.97 Å². The van der Waals surface area contributed by atoms with Crippen molar-refractivity contribution >= 4 is 42.4 Å². The monoisotopic (exact) mass is 1490 g/mol. The van der Waals surface area contributed by atoms with E-state index in [2.05, 4.69) is 408 Å². The summed E-state index contributed by atoms with van der Waals surface area (Å²) in [6.07, 6.45) is 13.1. The van der Waals surface area contributed by atoms with Gasteiger partial charge in [-0.05, 0) is 161 Å². The number of rotatable bonds is 8. The summed E-state index contributed by atoms with van der Waals surface area (Å²) in [5.74, 6) is -1.09. The zero-order valence-electron chi connectivity index (χ0n) is 71.4. The Morgan fingerprint density at radius 1 is 0.302 bits per heavy atom. The van der Waals surface area contributed by atoms with Crippen LogP contribution >= 0.6 is 0 Å². The molecule has 6 heteroatoms. The Labute approximate surface area is 667 Å². The molecule has 0 fully saturated rings. The van der Waals surface area contributed by atoms with E-state index in [1.54, 1.807) is 12.1 Å². The zero-order chi connectivity index (χ0) is 79.8. The maximum Gasteiger partial charge on any atom is 0.335 e. The normalized spacial score (nSPS) is 10.3. The van der Waals surface area contributed by atoms with Gasteiger partial charge < -0.3 is 9.84 Å². The molecule has 0 saturated heterocycles. The third-order valence-corrected chi connectivity index (χ3v) is 10.6. The summed E-state index contributed by atoms with van der Waals surface area (Å²) in [5.41, 5.74) is 26.4. The topological polar surface area (TPSA) is 94.1 Å². The van der Waals surface area contributed by atoms with Gasteiger partial charge in [-0.1, -0.05) is 408 Å². The Kier molecular flexibility index (Phi) is 62.2. The summed E-state index contributed by atoms with van der Waals surface area (Å²) in [6, 6.07) is 45.7. The van der Waals surface area contributed by atoms with Crippen molar-refractivity contribution in [3.63, 3.8) is 0 Å². The van der Waals surface area contributed by atoms with Gasteiger partial charge in [-0.2, -0.15) is 10.5 Å². The fourth-order valence-electron chi connectivity index (χ4n) is 8.35. The molecule has 0 unspecified atom stereocenters. The second-order valence-electron chi connectivity index (χ2n) is 36.2. The summed E-state index contributed by atoms with van der Waals surface area (Å²) in [4.78, 5) is 10.7. The van der Waals surface area contributed by atoms with Crippen LogP contribution in [-0.2, 0) is 16.5 Å². The van der Waals surface area contributed by atoms with Gasteiger partial charge in [0.1, 0.15) is 12.1 Å². The van der Waals surface area contributed by atoms with Gasteiger partial charge in [-0.3, -0.25) is 0 Å². The molecule has 0 saturated carbocycles. The van der Waals surface area contributed by atoms with E-state index in [1.165, 1.54) is 119 Å². The molecule has 7 rings (SSSR count). The van der Waals surface area contributed by atoms with Gasteiger partial charge in [0.2, 0.25) is 0 Å². The van der Waals surface area contributed by atoms with Gasteiger partial charge in [-0.15, -0.1) is 13.2 Å². The maximum atomic E-state index is 10.7. The van der Waals surface area contributed by atoms with E-state index >= 15 is 0 Å². The predicted octanol–water partition coefficient (Wildman–Crippen LogP) is 32.1. The van der Waals surface area contributed by atoms with Crippen molar-refractivity contribution in [1.82, 2.24) is 0 Å². The SMILES string of the molecule is C.C.C.C.C=C.CC(C)(C)C.CC(C)(C)C.CC(C)(C)C.CC(C)(C)C.CC(C)(C)C.CC(C)(C)C.COc1c(C#N)cc(C(=O)O)cc1C#N.Cc1cc(C)cc(/C=C/c2cc(C)cc(C)c2)c1.Cc1cc(C)cc(/C=C/c2cc(C)cc(C)c2)c1.Cc1cc(C)cc(/C=C/c2cc(C)cc(C)c2)c1.[Ni]. The summed E-state index contributed by atoms with van der Waals surface area (Å²) in [7, 11) is 1.32. The predicted molar refractivity (Wildman–Crippen MR) is 481 cm³/mol. The molecule has 7 aromatic carbocycles. The number of nitrogens with zero attached hydrogens (tertiary/aromatic N) is 2. The molecule has 7 aromatic rings. The molecule has 0 atom stereocenters. The largest absolute Gasteiger partial charge is 0.494 e. The average molecular weight is 1500 g/mol. The van der Waals surface area contributed by atoms with Crippen molar-refractivity contribution in [2.75, 3.05) is 7.11 Å². The van der Waals surface area contributed by atoms with Gasteiger partial charge in [0, 0.05) is 16.5 Å². The van der Waals surface area contributed by atoms with E-state index in [1.807, 2.05) is 0 Å². The van der Waals surface area contributed by atoms with Crippen LogP contribution in [0.3, 0.4) is 0 Å². The minimum absolute atomic E-state index is 0. The molecule has 5 nitrogen and oxygen atoms in total. The molecule has 0 bridgehead atoms. The van der Waals surface area contributed by atoms with Crippen molar-refractivity contribution in [2.45, 2.75) is 279 Å². The van der Waals surface area contributed by atoms with Crippen LogP contribution in [-0.4, -0.2) is 18.2 Å². The van der Waals surface area contributed by atoms with E-state index in [9.17, 15) is 4.79 Å². The number of ether oxygens (including phenoxy) is 1. The van der Waals surface area contributed by atoms with Gasteiger partial charge in [0.05, 0.1) is 23.8 Å². The first-order chi connectivity index (χ1) is 45.7. The van der Waals surface area contributed by atoms with Crippen LogP contribution < -0.4 is 4.74 Å². The molecular formula is C100H158N2NiO3. The molecule has 1 N–H and O–H groups in total. The van der Waals surface area contributed by atoms with Crippen molar-refractivity contribution in [3.8, 4) is 17.9 Å². The van der Waals surface area contributed by atoms with E-state index in [4.69, 9.17) is 20.4 Å². The molecule has 0 heterocycles. The minimum Gasteiger partial charge on any atom is -0.494 e. The molecular weight excluding hydrogens is 1340 g/mol. The minimum atomic E-state index is -1.19. The number of hydrogen-bond donors (Lipinski definition) is 1. The average Bonchev–Trinajstić information content (AvgIpc) is 0.831. The molecule has 0 amide bonds. The summed E-state index contributed by atoms with van der Waals surface area (Å²) in [6.45, 7) is 84.2. The fourth-order valence-corrected chi connectivity index (χ4v) is 8.35. The Morgan fingerprint density at radius 2 is 0.415 bits per heavy atom. The van der Waals surface area contributed by atoms with Crippen LogP contribution in [0.2, 0.25) is 0 Å². The second-order valence-corrected chi connectivity index (χ2v) is 36.2. The Hall–Kier alpha value is -7.76. The number of nitriles is 2. The number of carbonyl (C=O) groups is 1. The van der Waals surface area contributed by atoms with Crippen LogP contribution in [0.5, 0.6) is 5.75 Å². The van der Waals surface area contributed by atoms with Crippen LogP contribution in [0, 0.1) is 138 Å². The standard InChI is InChI=1S/3C18H20.C10H6N2O3.6C5H12.C2H4.4CH4.Ni/c3*1-13-7-14(2)10-17(9-13)5-6-18-11-15(3)8-16(4)12-18;1-15-9-7(4-11)2-6(10(13)14)3-8(9)5-12;6*1-5(2,3)4;1-2;;;;;/h3*5-12H,1-4H3;2-3H,1H3,(H,13,14);6*1-4H3;1-2H2;4*1H4;/b3*6-5+;;;;;;;;;;;;;. The first kappa shape index (κ1) is 117. The zero-order valence-corrected chi connectivity index (χ0v) is 72.4. The van der Waals surface area contributed by atoms with Crippen molar-refractivity contribution in [2.24, 2.45) is 32.5 Å². The summed E-state index contributed by atoms with van der Waals surface area (Å²) >= 11 is 0. The number of carboxylic acid groups (broad SMARTS) is 1. The van der Waals surface area contributed by atoms with Crippen molar-refractivity contribution < 1.29 is 31.1 Å². The Morgan fingerprint density at radius 3 is 0.500 bits per heavy atom. The van der Waals surface area contributed by atoms with Crippen LogP contribution in [0.15, 0.2) is 134 Å². The second kappa shape index (κ2) is 56.5. The molecule has 106 heavy (non-hydrogen) atoms. The molecule has 0 aliphatic rings. The molecule has 0 spiro atoms. The van der Waals surface area contributed by atoms with E-state index in [0.29, 0.717) is 32.5 Å². The fraction of sp³-hybridized carbons (Fsp3) is 0.470. The quantitative estimate of drug-likeness (QED) is 0.0929. The third-order valence-electron chi connectivity index (χ3n) is 10.6.